The normalized spacial score (nSPS) is 10.1. The molecule has 0 aliphatic carbocycles. The highest BCUT2D eigenvalue weighted by Gasteiger charge is 2.15. The van der Waals surface area contributed by atoms with Gasteiger partial charge in [-0.3, -0.25) is 14.6 Å². The molecule has 1 amide bonds. The van der Waals surface area contributed by atoms with Crippen LogP contribution in [0, 0.1) is 3.57 Å². The van der Waals surface area contributed by atoms with Crippen LogP contribution >= 0.6 is 22.6 Å². The van der Waals surface area contributed by atoms with Gasteiger partial charge in [0.2, 0.25) is 0 Å². The lowest BCUT2D eigenvalue weighted by Gasteiger charge is -2.07. The summed E-state index contributed by atoms with van der Waals surface area (Å²) in [7, 11) is 0. The predicted molar refractivity (Wildman–Crippen MR) is 76.4 cm³/mol. The Morgan fingerprint density at radius 1 is 1.44 bits per heavy atom. The van der Waals surface area contributed by atoms with E-state index in [1.165, 1.54) is 18.6 Å². The van der Waals surface area contributed by atoms with Crippen molar-refractivity contribution in [1.29, 1.82) is 0 Å². The van der Waals surface area contributed by atoms with Crippen LogP contribution in [0.3, 0.4) is 0 Å². The lowest BCUT2D eigenvalue weighted by Crippen LogP contribution is -2.24. The molecule has 0 aliphatic heterocycles. The molecule has 0 radical (unpaired) electrons. The summed E-state index contributed by atoms with van der Waals surface area (Å²) in [6.45, 7) is 0. The lowest BCUT2D eigenvalue weighted by atomic mass is 10.2. The number of nitrogens with one attached hydrogen (secondary N) is 2. The average molecular weight is 356 g/mol. The van der Waals surface area contributed by atoms with E-state index in [0.717, 1.165) is 0 Å². The Morgan fingerprint density at radius 3 is 2.89 bits per heavy atom. The first-order valence-electron chi connectivity index (χ1n) is 4.97. The maximum atomic E-state index is 12.0. The second-order valence-electron chi connectivity index (χ2n) is 3.45. The molecule has 4 N–H and O–H groups in total. The summed E-state index contributed by atoms with van der Waals surface area (Å²) in [5, 5.41) is 2.58. The SMILES string of the molecule is Nc1cnccc1NC(=O)c1c(I)cc[nH]c1=O. The van der Waals surface area contributed by atoms with Gasteiger partial charge < -0.3 is 16.0 Å². The first-order valence-corrected chi connectivity index (χ1v) is 6.05. The largest absolute Gasteiger partial charge is 0.396 e. The molecule has 2 aromatic heterocycles. The van der Waals surface area contributed by atoms with Crippen molar-refractivity contribution in [2.75, 3.05) is 11.1 Å². The Morgan fingerprint density at radius 2 is 2.22 bits per heavy atom. The van der Waals surface area contributed by atoms with E-state index in [0.29, 0.717) is 14.9 Å². The third-order valence-electron chi connectivity index (χ3n) is 2.24. The minimum atomic E-state index is -0.501. The van der Waals surface area contributed by atoms with E-state index in [2.05, 4.69) is 15.3 Å². The van der Waals surface area contributed by atoms with Crippen LogP contribution in [0.1, 0.15) is 10.4 Å². The smallest absolute Gasteiger partial charge is 0.262 e. The number of amides is 1. The number of carbonyl (C=O) groups excluding carboxylic acids is 1. The van der Waals surface area contributed by atoms with E-state index in [9.17, 15) is 9.59 Å². The van der Waals surface area contributed by atoms with E-state index in [1.807, 2.05) is 22.6 Å². The zero-order valence-electron chi connectivity index (χ0n) is 9.11. The molecular weight excluding hydrogens is 347 g/mol. The quantitative estimate of drug-likeness (QED) is 0.704. The van der Waals surface area contributed by atoms with Crippen molar-refractivity contribution >= 4 is 39.9 Å². The van der Waals surface area contributed by atoms with Crippen LogP contribution < -0.4 is 16.6 Å². The van der Waals surface area contributed by atoms with Gasteiger partial charge in [0.25, 0.3) is 11.5 Å². The number of halogens is 1. The number of hydrogen-bond acceptors (Lipinski definition) is 4. The molecule has 6 nitrogen and oxygen atoms in total. The molecule has 0 saturated heterocycles. The van der Waals surface area contributed by atoms with Gasteiger partial charge >= 0.3 is 0 Å². The summed E-state index contributed by atoms with van der Waals surface area (Å²) in [5.41, 5.74) is 6.05. The molecule has 18 heavy (non-hydrogen) atoms. The minimum Gasteiger partial charge on any atom is -0.396 e. The number of aromatic nitrogens is 2. The van der Waals surface area contributed by atoms with Crippen molar-refractivity contribution in [3.05, 3.63) is 50.2 Å². The summed E-state index contributed by atoms with van der Waals surface area (Å²) in [6, 6.07) is 3.21. The van der Waals surface area contributed by atoms with Crippen molar-refractivity contribution in [2.24, 2.45) is 0 Å². The Labute approximate surface area is 116 Å². The first kappa shape index (κ1) is 12.6. The molecule has 0 unspecified atom stereocenters. The summed E-state index contributed by atoms with van der Waals surface area (Å²) >= 11 is 1.93. The van der Waals surface area contributed by atoms with Gasteiger partial charge in [-0.25, -0.2) is 0 Å². The summed E-state index contributed by atoms with van der Waals surface area (Å²) in [4.78, 5) is 29.9. The molecule has 0 atom stereocenters. The van der Waals surface area contributed by atoms with Crippen molar-refractivity contribution in [3.63, 3.8) is 0 Å². The molecule has 0 aliphatic rings. The summed E-state index contributed by atoms with van der Waals surface area (Å²) in [6.07, 6.45) is 4.42. The number of carbonyl (C=O) groups is 1. The molecule has 0 fully saturated rings. The fraction of sp³-hybridized carbons (Fsp3) is 0. The Kier molecular flexibility index (Phi) is 3.60. The van der Waals surface area contributed by atoms with E-state index < -0.39 is 11.5 Å². The van der Waals surface area contributed by atoms with Crippen molar-refractivity contribution in [2.45, 2.75) is 0 Å². The average Bonchev–Trinajstić information content (AvgIpc) is 2.32. The molecule has 2 rings (SSSR count). The van der Waals surface area contributed by atoms with E-state index in [-0.39, 0.29) is 5.56 Å². The molecule has 0 bridgehead atoms. The topological polar surface area (TPSA) is 101 Å². The number of nitrogens with zero attached hydrogens (tertiary/aromatic N) is 1. The van der Waals surface area contributed by atoms with E-state index in [1.54, 1.807) is 12.1 Å². The van der Waals surface area contributed by atoms with Crippen molar-refractivity contribution in [3.8, 4) is 0 Å². The van der Waals surface area contributed by atoms with Crippen LogP contribution in [0.4, 0.5) is 11.4 Å². The zero-order valence-corrected chi connectivity index (χ0v) is 11.3. The van der Waals surface area contributed by atoms with Gasteiger partial charge in [0.1, 0.15) is 5.56 Å². The number of pyridine rings is 2. The highest BCUT2D eigenvalue weighted by Crippen LogP contribution is 2.16. The first-order chi connectivity index (χ1) is 8.59. The second-order valence-corrected chi connectivity index (χ2v) is 4.61. The molecular formula is C11H9IN4O2. The van der Waals surface area contributed by atoms with Gasteiger partial charge in [0.15, 0.2) is 0 Å². The van der Waals surface area contributed by atoms with Gasteiger partial charge in [0, 0.05) is 16.0 Å². The number of anilines is 2. The molecule has 0 spiro atoms. The van der Waals surface area contributed by atoms with Gasteiger partial charge in [-0.1, -0.05) is 0 Å². The van der Waals surface area contributed by atoms with Gasteiger partial charge in [-0.15, -0.1) is 0 Å². The maximum absolute atomic E-state index is 12.0. The molecule has 92 valence electrons. The fourth-order valence-corrected chi connectivity index (χ4v) is 2.04. The highest BCUT2D eigenvalue weighted by molar-refractivity contribution is 14.1. The van der Waals surface area contributed by atoms with Crippen LogP contribution in [-0.4, -0.2) is 15.9 Å². The van der Waals surface area contributed by atoms with Gasteiger partial charge in [-0.2, -0.15) is 0 Å². The van der Waals surface area contributed by atoms with Crippen LogP contribution in [0.2, 0.25) is 0 Å². The molecule has 0 saturated carbocycles. The fourth-order valence-electron chi connectivity index (χ4n) is 1.37. The number of rotatable bonds is 2. The van der Waals surface area contributed by atoms with Crippen LogP contribution in [0.5, 0.6) is 0 Å². The number of aromatic amines is 1. The minimum absolute atomic E-state index is 0.0642. The Hall–Kier alpha value is -1.90. The van der Waals surface area contributed by atoms with Crippen molar-refractivity contribution in [1.82, 2.24) is 9.97 Å². The van der Waals surface area contributed by atoms with Gasteiger partial charge in [-0.05, 0) is 34.7 Å². The second kappa shape index (κ2) is 5.17. The van der Waals surface area contributed by atoms with E-state index in [4.69, 9.17) is 5.73 Å². The Bertz CT molecular complexity index is 653. The number of H-pyrrole nitrogens is 1. The van der Waals surface area contributed by atoms with Crippen LogP contribution in [0.25, 0.3) is 0 Å². The summed E-state index contributed by atoms with van der Waals surface area (Å²) < 4.78 is 0.571. The van der Waals surface area contributed by atoms with E-state index >= 15 is 0 Å². The monoisotopic (exact) mass is 356 g/mol. The van der Waals surface area contributed by atoms with Crippen LogP contribution in [0.15, 0.2) is 35.5 Å². The maximum Gasteiger partial charge on any atom is 0.262 e. The number of nitrogens with two attached hydrogens (primary N) is 1. The molecule has 2 heterocycles. The summed E-state index contributed by atoms with van der Waals surface area (Å²) in [5.74, 6) is -0.501. The number of hydrogen-bond donors (Lipinski definition) is 3. The molecule has 2 aromatic rings. The third kappa shape index (κ3) is 2.50. The predicted octanol–water partition coefficient (Wildman–Crippen LogP) is 1.21. The van der Waals surface area contributed by atoms with Crippen molar-refractivity contribution < 1.29 is 4.79 Å². The van der Waals surface area contributed by atoms with Gasteiger partial charge in [0.05, 0.1) is 17.6 Å². The molecule has 7 heteroatoms. The third-order valence-corrected chi connectivity index (χ3v) is 3.14. The number of nitrogen functional groups attached to an aromatic ring is 1. The standard InChI is InChI=1S/C11H9IN4O2/c12-6-1-4-15-10(17)9(6)11(18)16-8-2-3-14-5-7(8)13/h1-5H,13H2,(H,15,17)(H,14,16,18). The zero-order chi connectivity index (χ0) is 13.1. The van der Waals surface area contributed by atoms with Crippen LogP contribution in [-0.2, 0) is 0 Å². The molecule has 0 aromatic carbocycles. The highest BCUT2D eigenvalue weighted by atomic mass is 127. The Balaban J connectivity index is 2.34. The lowest BCUT2D eigenvalue weighted by molar-refractivity contribution is 0.102.